The summed E-state index contributed by atoms with van der Waals surface area (Å²) in [5.41, 5.74) is 4.04. The lowest BCUT2D eigenvalue weighted by molar-refractivity contribution is -0.144. The van der Waals surface area contributed by atoms with Gasteiger partial charge in [0.1, 0.15) is 0 Å². The maximum Gasteiger partial charge on any atom is 0.308 e. The van der Waals surface area contributed by atoms with Crippen LogP contribution in [0.2, 0.25) is 15.1 Å². The highest BCUT2D eigenvalue weighted by Gasteiger charge is 2.52. The van der Waals surface area contributed by atoms with Crippen molar-refractivity contribution >= 4 is 46.7 Å². The van der Waals surface area contributed by atoms with Gasteiger partial charge in [-0.05, 0) is 92.7 Å². The highest BCUT2D eigenvalue weighted by molar-refractivity contribution is 6.35. The first kappa shape index (κ1) is 26.7. The topological polar surface area (TPSA) is 84.2 Å². The number of nitrogens with zero attached hydrogens (tertiary/aromatic N) is 2. The second kappa shape index (κ2) is 10.8. The quantitative estimate of drug-likeness (QED) is 0.301. The van der Waals surface area contributed by atoms with Crippen LogP contribution in [0.5, 0.6) is 0 Å². The van der Waals surface area contributed by atoms with E-state index in [-0.39, 0.29) is 29.7 Å². The number of fused-ring (bicyclic) bond motifs is 3. The molecule has 2 aromatic carbocycles. The zero-order valence-electron chi connectivity index (χ0n) is 21.4. The van der Waals surface area contributed by atoms with Crippen LogP contribution < -0.4 is 5.32 Å². The van der Waals surface area contributed by atoms with Crippen LogP contribution in [0.3, 0.4) is 0 Å². The van der Waals surface area contributed by atoms with Crippen LogP contribution >= 0.6 is 34.8 Å². The summed E-state index contributed by atoms with van der Waals surface area (Å²) in [5, 5.41) is 19.6. The Kier molecular flexibility index (Phi) is 7.38. The fourth-order valence-electron chi connectivity index (χ4n) is 7.20. The predicted molar refractivity (Wildman–Crippen MR) is 152 cm³/mol. The molecule has 0 radical (unpaired) electrons. The monoisotopic (exact) mass is 585 g/mol. The molecular formula is C30H30Cl3N3O3. The molecule has 3 aromatic rings. The van der Waals surface area contributed by atoms with Crippen molar-refractivity contribution in [2.75, 3.05) is 0 Å². The van der Waals surface area contributed by atoms with E-state index in [1.165, 1.54) is 0 Å². The number of carbonyl (C=O) groups excluding carboxylic acids is 1. The number of aromatic nitrogens is 2. The molecule has 9 heteroatoms. The summed E-state index contributed by atoms with van der Waals surface area (Å²) in [6.45, 7) is 0. The Hall–Kier alpha value is -2.54. The number of carboxylic acids is 1. The number of amides is 1. The largest absolute Gasteiger partial charge is 0.481 e. The van der Waals surface area contributed by atoms with Gasteiger partial charge >= 0.3 is 5.97 Å². The standard InChI is InChI=1S/C30H30Cl3N3O3/c31-20-6-3-4-16(13-20)12-19-5-1-2-7-22-27(35-36(28(19)22)24-11-10-21(32)15-23(24)33)29(37)34-26-18-9-8-17(14-18)25(26)30(38)39/h3-4,6,10-11,13,15,17-19,25-26H,1-2,5,7-9,12,14H2,(H,34,37)(H,38,39)/t17?,18?,19?,25-,26+/m1/s1. The van der Waals surface area contributed by atoms with E-state index in [4.69, 9.17) is 39.9 Å². The molecule has 1 heterocycles. The van der Waals surface area contributed by atoms with Crippen LogP contribution in [0.4, 0.5) is 0 Å². The number of hydrogen-bond acceptors (Lipinski definition) is 3. The Morgan fingerprint density at radius 3 is 2.56 bits per heavy atom. The fourth-order valence-corrected chi connectivity index (χ4v) is 7.90. The number of halogens is 3. The lowest BCUT2D eigenvalue weighted by atomic mass is 9.84. The summed E-state index contributed by atoms with van der Waals surface area (Å²) in [5.74, 6) is -1.26. The molecule has 2 N–H and O–H groups in total. The lowest BCUT2D eigenvalue weighted by Crippen LogP contribution is -2.47. The van der Waals surface area contributed by atoms with Gasteiger partial charge in [-0.2, -0.15) is 5.10 Å². The minimum atomic E-state index is -0.827. The molecule has 1 aromatic heterocycles. The molecule has 1 amide bonds. The van der Waals surface area contributed by atoms with E-state index in [1.807, 2.05) is 28.9 Å². The second-order valence-corrected chi connectivity index (χ2v) is 12.5. The molecule has 2 fully saturated rings. The molecule has 204 valence electrons. The Morgan fingerprint density at radius 2 is 1.79 bits per heavy atom. The van der Waals surface area contributed by atoms with Gasteiger partial charge < -0.3 is 10.4 Å². The van der Waals surface area contributed by atoms with Crippen molar-refractivity contribution in [3.63, 3.8) is 0 Å². The summed E-state index contributed by atoms with van der Waals surface area (Å²) in [7, 11) is 0. The van der Waals surface area contributed by atoms with E-state index in [9.17, 15) is 14.7 Å². The van der Waals surface area contributed by atoms with Gasteiger partial charge in [-0.3, -0.25) is 9.59 Å². The van der Waals surface area contributed by atoms with Crippen LogP contribution in [0, 0.1) is 17.8 Å². The first-order chi connectivity index (χ1) is 18.8. The molecule has 2 bridgehead atoms. The molecule has 39 heavy (non-hydrogen) atoms. The first-order valence-corrected chi connectivity index (χ1v) is 14.8. The fraction of sp³-hybridized carbons (Fsp3) is 0.433. The second-order valence-electron chi connectivity index (χ2n) is 11.2. The van der Waals surface area contributed by atoms with Crippen molar-refractivity contribution in [2.24, 2.45) is 17.8 Å². The molecule has 6 rings (SSSR count). The van der Waals surface area contributed by atoms with E-state index in [0.29, 0.717) is 32.9 Å². The summed E-state index contributed by atoms with van der Waals surface area (Å²) < 4.78 is 1.82. The molecule has 0 spiro atoms. The number of aliphatic carboxylic acids is 1. The zero-order chi connectivity index (χ0) is 27.3. The Bertz CT molecular complexity index is 1440. The van der Waals surface area contributed by atoms with Gasteiger partial charge in [-0.25, -0.2) is 4.68 Å². The van der Waals surface area contributed by atoms with Crippen LogP contribution in [0.15, 0.2) is 42.5 Å². The number of rotatable bonds is 6. The summed E-state index contributed by atoms with van der Waals surface area (Å²) in [6, 6.07) is 12.8. The number of carbonyl (C=O) groups is 2. The highest BCUT2D eigenvalue weighted by Crippen LogP contribution is 2.49. The normalized spacial score (nSPS) is 25.8. The maximum atomic E-state index is 13.9. The molecule has 3 aliphatic rings. The van der Waals surface area contributed by atoms with Gasteiger partial charge in [-0.1, -0.05) is 53.4 Å². The van der Waals surface area contributed by atoms with Gasteiger partial charge in [0.05, 0.1) is 22.3 Å². The van der Waals surface area contributed by atoms with Gasteiger partial charge in [0.2, 0.25) is 0 Å². The molecule has 0 aliphatic heterocycles. The van der Waals surface area contributed by atoms with E-state index in [2.05, 4.69) is 11.4 Å². The Labute approximate surface area is 242 Å². The first-order valence-electron chi connectivity index (χ1n) is 13.7. The maximum absolute atomic E-state index is 13.9. The third kappa shape index (κ3) is 5.07. The van der Waals surface area contributed by atoms with Crippen LogP contribution in [-0.4, -0.2) is 32.8 Å². The molecule has 6 nitrogen and oxygen atoms in total. The third-order valence-electron chi connectivity index (χ3n) is 8.86. The number of nitrogens with one attached hydrogen (secondary N) is 1. The lowest BCUT2D eigenvalue weighted by Gasteiger charge is -2.28. The summed E-state index contributed by atoms with van der Waals surface area (Å²) >= 11 is 19.2. The van der Waals surface area contributed by atoms with Crippen LogP contribution in [0.1, 0.15) is 71.8 Å². The Balaban J connectivity index is 1.42. The number of benzene rings is 2. The molecule has 2 saturated carbocycles. The van der Waals surface area contributed by atoms with Crippen molar-refractivity contribution in [1.82, 2.24) is 15.1 Å². The van der Waals surface area contributed by atoms with Crippen molar-refractivity contribution in [3.05, 3.63) is 80.0 Å². The van der Waals surface area contributed by atoms with Gasteiger partial charge in [0.15, 0.2) is 5.69 Å². The van der Waals surface area contributed by atoms with Crippen molar-refractivity contribution in [2.45, 2.75) is 63.3 Å². The van der Waals surface area contributed by atoms with E-state index in [0.717, 1.165) is 61.8 Å². The predicted octanol–water partition coefficient (Wildman–Crippen LogP) is 7.11. The van der Waals surface area contributed by atoms with Gasteiger partial charge in [-0.15, -0.1) is 0 Å². The van der Waals surface area contributed by atoms with E-state index in [1.54, 1.807) is 12.1 Å². The van der Waals surface area contributed by atoms with Crippen molar-refractivity contribution < 1.29 is 14.7 Å². The minimum Gasteiger partial charge on any atom is -0.481 e. The average molecular weight is 587 g/mol. The molecule has 0 saturated heterocycles. The smallest absolute Gasteiger partial charge is 0.308 e. The van der Waals surface area contributed by atoms with E-state index < -0.39 is 11.9 Å². The van der Waals surface area contributed by atoms with Crippen LogP contribution in [-0.2, 0) is 17.6 Å². The summed E-state index contributed by atoms with van der Waals surface area (Å²) in [4.78, 5) is 26.0. The summed E-state index contributed by atoms with van der Waals surface area (Å²) in [6.07, 6.45) is 7.08. The average Bonchev–Trinajstić information content (AvgIpc) is 3.56. The van der Waals surface area contributed by atoms with Crippen LogP contribution in [0.25, 0.3) is 5.69 Å². The molecule has 5 atom stereocenters. The number of hydrogen-bond donors (Lipinski definition) is 2. The third-order valence-corrected chi connectivity index (χ3v) is 9.64. The SMILES string of the molecule is O=C(N[C@H]1C2CCC(C2)[C@H]1C(=O)O)c1nn(-c2ccc(Cl)cc2Cl)c2c1CCCCC2Cc1cccc(Cl)c1. The van der Waals surface area contributed by atoms with Gasteiger partial charge in [0, 0.05) is 27.6 Å². The van der Waals surface area contributed by atoms with Crippen molar-refractivity contribution in [3.8, 4) is 5.69 Å². The van der Waals surface area contributed by atoms with Gasteiger partial charge in [0.25, 0.3) is 5.91 Å². The highest BCUT2D eigenvalue weighted by atomic mass is 35.5. The Morgan fingerprint density at radius 1 is 1.00 bits per heavy atom. The molecule has 3 unspecified atom stereocenters. The minimum absolute atomic E-state index is 0.0935. The zero-order valence-corrected chi connectivity index (χ0v) is 23.6. The molecular weight excluding hydrogens is 557 g/mol. The van der Waals surface area contributed by atoms with E-state index >= 15 is 0 Å². The molecule has 3 aliphatic carbocycles. The number of carboxylic acid groups (broad SMARTS) is 1. The van der Waals surface area contributed by atoms with Crippen molar-refractivity contribution in [1.29, 1.82) is 0 Å².